The molecule has 1 N–H and O–H groups in total. The molecule has 0 spiro atoms. The van der Waals surface area contributed by atoms with Crippen molar-refractivity contribution in [2.45, 2.75) is 24.7 Å². The SMILES string of the molecule is O=C(NCC1(c2ccc(Cl)cc2)CCC1)c1ccccc1F. The molecule has 1 saturated carbocycles. The predicted octanol–water partition coefficient (Wildman–Crippen LogP) is 4.33. The van der Waals surface area contributed by atoms with E-state index in [4.69, 9.17) is 11.6 Å². The third-order valence-corrected chi connectivity index (χ3v) is 4.73. The Bertz CT molecular complexity index is 680. The molecule has 2 aromatic carbocycles. The fourth-order valence-corrected chi connectivity index (χ4v) is 3.09. The van der Waals surface area contributed by atoms with E-state index >= 15 is 0 Å². The van der Waals surface area contributed by atoms with Crippen LogP contribution in [0, 0.1) is 5.82 Å². The predicted molar refractivity (Wildman–Crippen MR) is 85.7 cm³/mol. The first-order chi connectivity index (χ1) is 10.6. The summed E-state index contributed by atoms with van der Waals surface area (Å²) in [4.78, 5) is 12.2. The number of hydrogen-bond acceptors (Lipinski definition) is 1. The quantitative estimate of drug-likeness (QED) is 0.893. The molecule has 3 rings (SSSR count). The highest BCUT2D eigenvalue weighted by atomic mass is 35.5. The lowest BCUT2D eigenvalue weighted by molar-refractivity contribution is 0.0924. The average molecular weight is 318 g/mol. The minimum atomic E-state index is -0.492. The van der Waals surface area contributed by atoms with Crippen LogP contribution in [0.4, 0.5) is 4.39 Å². The number of rotatable bonds is 4. The fraction of sp³-hybridized carbons (Fsp3) is 0.278. The number of amides is 1. The van der Waals surface area contributed by atoms with E-state index in [-0.39, 0.29) is 16.9 Å². The van der Waals surface area contributed by atoms with E-state index in [2.05, 4.69) is 5.32 Å². The number of carbonyl (C=O) groups excluding carboxylic acids is 1. The Hall–Kier alpha value is -1.87. The van der Waals surface area contributed by atoms with Gasteiger partial charge in [0.25, 0.3) is 5.91 Å². The minimum Gasteiger partial charge on any atom is -0.351 e. The molecule has 1 aliphatic carbocycles. The standard InChI is InChI=1S/C18H17ClFNO/c19-14-8-6-13(7-9-14)18(10-3-11-18)12-21-17(22)15-4-1-2-5-16(15)20/h1-2,4-9H,3,10-12H2,(H,21,22). The Kier molecular flexibility index (Phi) is 4.16. The van der Waals surface area contributed by atoms with E-state index < -0.39 is 5.82 Å². The highest BCUT2D eigenvalue weighted by Gasteiger charge is 2.38. The van der Waals surface area contributed by atoms with E-state index in [1.807, 2.05) is 24.3 Å². The molecule has 0 saturated heterocycles. The minimum absolute atomic E-state index is 0.0501. The molecule has 22 heavy (non-hydrogen) atoms. The van der Waals surface area contributed by atoms with E-state index in [0.717, 1.165) is 19.3 Å². The van der Waals surface area contributed by atoms with Crippen molar-refractivity contribution in [1.29, 1.82) is 0 Å². The summed E-state index contributed by atoms with van der Waals surface area (Å²) in [6, 6.07) is 13.8. The van der Waals surface area contributed by atoms with Gasteiger partial charge in [0, 0.05) is 17.0 Å². The lowest BCUT2D eigenvalue weighted by Crippen LogP contribution is -2.45. The van der Waals surface area contributed by atoms with Crippen molar-refractivity contribution < 1.29 is 9.18 Å². The molecule has 1 aliphatic rings. The summed E-state index contributed by atoms with van der Waals surface area (Å²) in [5, 5.41) is 3.59. The largest absolute Gasteiger partial charge is 0.351 e. The molecule has 1 amide bonds. The number of benzene rings is 2. The zero-order valence-corrected chi connectivity index (χ0v) is 12.9. The van der Waals surface area contributed by atoms with Gasteiger partial charge in [-0.25, -0.2) is 4.39 Å². The zero-order valence-electron chi connectivity index (χ0n) is 12.1. The Morgan fingerprint density at radius 2 is 1.82 bits per heavy atom. The van der Waals surface area contributed by atoms with E-state index in [1.165, 1.54) is 17.7 Å². The highest BCUT2D eigenvalue weighted by molar-refractivity contribution is 6.30. The molecule has 1 fully saturated rings. The summed E-state index contributed by atoms with van der Waals surface area (Å²) in [6.07, 6.45) is 3.18. The lowest BCUT2D eigenvalue weighted by Gasteiger charge is -2.42. The summed E-state index contributed by atoms with van der Waals surface area (Å²) < 4.78 is 13.6. The summed E-state index contributed by atoms with van der Waals surface area (Å²) in [5.41, 5.74) is 1.22. The first kappa shape index (κ1) is 15.0. The molecule has 0 radical (unpaired) electrons. The maximum absolute atomic E-state index is 13.6. The van der Waals surface area contributed by atoms with Crippen LogP contribution in [-0.2, 0) is 5.41 Å². The van der Waals surface area contributed by atoms with Crippen molar-refractivity contribution in [2.75, 3.05) is 6.54 Å². The number of carbonyl (C=O) groups is 1. The van der Waals surface area contributed by atoms with E-state index in [9.17, 15) is 9.18 Å². The second kappa shape index (κ2) is 6.09. The van der Waals surface area contributed by atoms with Crippen molar-refractivity contribution in [3.05, 3.63) is 70.5 Å². The van der Waals surface area contributed by atoms with Gasteiger partial charge in [-0.2, -0.15) is 0 Å². The zero-order chi connectivity index (χ0) is 15.6. The second-order valence-electron chi connectivity index (χ2n) is 5.80. The Morgan fingerprint density at radius 1 is 1.14 bits per heavy atom. The second-order valence-corrected chi connectivity index (χ2v) is 6.24. The van der Waals surface area contributed by atoms with E-state index in [0.29, 0.717) is 11.6 Å². The summed E-state index contributed by atoms with van der Waals surface area (Å²) in [6.45, 7) is 0.516. The smallest absolute Gasteiger partial charge is 0.254 e. The Morgan fingerprint density at radius 3 is 2.41 bits per heavy atom. The van der Waals surface area contributed by atoms with Crippen LogP contribution in [0.25, 0.3) is 0 Å². The van der Waals surface area contributed by atoms with Crippen molar-refractivity contribution in [2.24, 2.45) is 0 Å². The van der Waals surface area contributed by atoms with Gasteiger partial charge in [0.15, 0.2) is 0 Å². The van der Waals surface area contributed by atoms with Crippen LogP contribution in [0.5, 0.6) is 0 Å². The molecule has 4 heteroatoms. The van der Waals surface area contributed by atoms with Gasteiger partial charge >= 0.3 is 0 Å². The van der Waals surface area contributed by atoms with Gasteiger partial charge in [0.05, 0.1) is 5.56 Å². The van der Waals surface area contributed by atoms with Crippen molar-refractivity contribution in [3.8, 4) is 0 Å². The third-order valence-electron chi connectivity index (χ3n) is 4.47. The van der Waals surface area contributed by atoms with Crippen LogP contribution in [0.15, 0.2) is 48.5 Å². The van der Waals surface area contributed by atoms with Crippen molar-refractivity contribution >= 4 is 17.5 Å². The molecule has 114 valence electrons. The maximum atomic E-state index is 13.6. The Balaban J connectivity index is 1.73. The van der Waals surface area contributed by atoms with E-state index in [1.54, 1.807) is 12.1 Å². The van der Waals surface area contributed by atoms with Crippen LogP contribution < -0.4 is 5.32 Å². The molecule has 0 atom stereocenters. The number of halogens is 2. The van der Waals surface area contributed by atoms with Gasteiger partial charge in [-0.1, -0.05) is 42.3 Å². The number of nitrogens with one attached hydrogen (secondary N) is 1. The molecule has 0 unspecified atom stereocenters. The molecule has 0 heterocycles. The summed E-state index contributed by atoms with van der Waals surface area (Å²) in [7, 11) is 0. The van der Waals surface area contributed by atoms with Crippen LogP contribution in [0.2, 0.25) is 5.02 Å². The average Bonchev–Trinajstić information content (AvgIpc) is 2.48. The lowest BCUT2D eigenvalue weighted by atomic mass is 9.64. The number of hydrogen-bond donors (Lipinski definition) is 1. The molecule has 2 aromatic rings. The Labute approximate surface area is 134 Å². The normalized spacial score (nSPS) is 15.9. The summed E-state index contributed by atoms with van der Waals surface area (Å²) >= 11 is 5.94. The van der Waals surface area contributed by atoms with Gasteiger partial charge in [-0.05, 0) is 42.7 Å². The van der Waals surface area contributed by atoms with Gasteiger partial charge in [0.1, 0.15) is 5.82 Å². The first-order valence-corrected chi connectivity index (χ1v) is 7.77. The van der Waals surface area contributed by atoms with Crippen LogP contribution in [0.3, 0.4) is 0 Å². The van der Waals surface area contributed by atoms with Crippen molar-refractivity contribution in [3.63, 3.8) is 0 Å². The van der Waals surface area contributed by atoms with Gasteiger partial charge in [0.2, 0.25) is 0 Å². The maximum Gasteiger partial charge on any atom is 0.254 e. The van der Waals surface area contributed by atoms with Gasteiger partial charge in [-0.15, -0.1) is 0 Å². The van der Waals surface area contributed by atoms with Crippen molar-refractivity contribution in [1.82, 2.24) is 5.32 Å². The molecule has 0 aromatic heterocycles. The monoisotopic (exact) mass is 317 g/mol. The molecular formula is C18H17ClFNO. The molecule has 0 bridgehead atoms. The third kappa shape index (κ3) is 2.86. The molecular weight excluding hydrogens is 301 g/mol. The highest BCUT2D eigenvalue weighted by Crippen LogP contribution is 2.43. The van der Waals surface area contributed by atoms with Gasteiger partial charge in [-0.3, -0.25) is 4.79 Å². The first-order valence-electron chi connectivity index (χ1n) is 7.40. The summed E-state index contributed by atoms with van der Waals surface area (Å²) in [5.74, 6) is -0.854. The fourth-order valence-electron chi connectivity index (χ4n) is 2.96. The molecule has 0 aliphatic heterocycles. The molecule has 2 nitrogen and oxygen atoms in total. The van der Waals surface area contributed by atoms with Gasteiger partial charge < -0.3 is 5.32 Å². The van der Waals surface area contributed by atoms with Crippen LogP contribution >= 0.6 is 11.6 Å². The topological polar surface area (TPSA) is 29.1 Å². The van der Waals surface area contributed by atoms with Crippen LogP contribution in [0.1, 0.15) is 35.2 Å². The van der Waals surface area contributed by atoms with Crippen LogP contribution in [-0.4, -0.2) is 12.5 Å².